The Labute approximate surface area is 599 Å². The lowest BCUT2D eigenvalue weighted by Gasteiger charge is -2.17. The van der Waals surface area contributed by atoms with Crippen LogP contribution < -0.4 is 28.3 Å². The number of aliphatic carboxylic acids is 2. The molecule has 19 nitrogen and oxygen atoms in total. The van der Waals surface area contributed by atoms with Gasteiger partial charge in [0.2, 0.25) is 5.91 Å². The highest BCUT2D eigenvalue weighted by Crippen LogP contribution is 2.25. The Hall–Kier alpha value is -8.58. The number of nitrogens with one attached hydrogen (secondary N) is 1. The Kier molecular flexibility index (Phi) is 38.1. The molecule has 100 heavy (non-hydrogen) atoms. The standard InChI is InChI=1S/C23H24ClFN4O3.C14H18ClFO.C13H17ClFNO.C10H9N3O3.C7H7ClFN.C6H12O2/c1-2-6-17(19(30)12-11-14-7-5-9-16(24)21(14)25)27-20(31)13-29-18-10-4-3-8-15(18)22(28-29)23(26)32;1-3-5-10(2)13(17)9-8-11-6-4-7-12(15)14(11)16;1-2-4-11(16)12(17)8-7-9-5-3-6-10(14)13(9)15;11-10(16)9-6-3-1-2-4-7(6)13(12-9)5-8(14)15;8-6-3-1-2-5(4-10)7(6)9;1-3-4-5(2)6(7)8/h3-5,7-10,17H,2,6,11-13H2,1H3,(H2,26,32)(H,27,31);4,6-7,10H,3,5,8-9H2,1-2H3;3,5-6,11H,2,4,7-8,16H2,1H3;1-4H,5H2,(H2,11,16)(H,14,15);1-3H,4,10H2;5H,3-4H2,1-2H3,(H,7,8)/t17-;10-;11-;;;5-/m000..0/s1. The number of amides is 3. The van der Waals surface area contributed by atoms with E-state index in [0.29, 0.717) is 82.6 Å². The Morgan fingerprint density at radius 1 is 0.480 bits per heavy atom. The van der Waals surface area contributed by atoms with Gasteiger partial charge in [-0.1, -0.05) is 199 Å². The first-order valence-electron chi connectivity index (χ1n) is 32.5. The number of carboxylic acid groups (broad SMARTS) is 2. The molecular weight excluding hydrogens is 1380 g/mol. The summed E-state index contributed by atoms with van der Waals surface area (Å²) in [5.74, 6) is -5.38. The number of nitrogens with two attached hydrogens (primary N) is 4. The first kappa shape index (κ1) is 85.6. The minimum Gasteiger partial charge on any atom is -0.481 e. The number of aromatic nitrogens is 4. The summed E-state index contributed by atoms with van der Waals surface area (Å²) in [6.07, 6.45) is 8.01. The Morgan fingerprint density at radius 2 is 0.840 bits per heavy atom. The van der Waals surface area contributed by atoms with Crippen LogP contribution in [0.4, 0.5) is 17.6 Å². The van der Waals surface area contributed by atoms with Gasteiger partial charge in [0.05, 0.1) is 49.1 Å². The highest BCUT2D eigenvalue weighted by molar-refractivity contribution is 6.31. The Bertz CT molecular complexity index is 3970. The molecule has 6 aromatic carbocycles. The molecule has 0 aliphatic carbocycles. The van der Waals surface area contributed by atoms with Crippen LogP contribution in [0.3, 0.4) is 0 Å². The molecule has 0 bridgehead atoms. The van der Waals surface area contributed by atoms with Crippen molar-refractivity contribution in [2.24, 2.45) is 34.8 Å². The van der Waals surface area contributed by atoms with Crippen LogP contribution in [-0.4, -0.2) is 88.9 Å². The third-order valence-electron chi connectivity index (χ3n) is 15.4. The number of fused-ring (bicyclic) bond motifs is 2. The van der Waals surface area contributed by atoms with E-state index in [4.69, 9.17) is 79.6 Å². The third kappa shape index (κ3) is 27.9. The molecule has 0 radical (unpaired) electrons. The minimum absolute atomic E-state index is 0.00939. The van der Waals surface area contributed by atoms with Crippen molar-refractivity contribution in [3.63, 3.8) is 0 Å². The SMILES string of the molecule is CCC[C@H](C)C(=O)CCc1cccc(Cl)c1F.CCC[C@H](C)C(=O)O.CCC[C@H](N)C(=O)CCc1cccc(Cl)c1F.CCC[C@H](NC(=O)Cn1nc(C(N)=O)c2ccccc21)C(=O)CCc1cccc(Cl)c1F.NC(=O)c1nn(CC(=O)O)c2ccccc12.NCc1cccc(Cl)c1F. The summed E-state index contributed by atoms with van der Waals surface area (Å²) < 4.78 is 56.6. The first-order chi connectivity index (χ1) is 47.5. The van der Waals surface area contributed by atoms with Gasteiger partial charge in [-0.15, -0.1) is 0 Å². The molecule has 2 aromatic heterocycles. The maximum absolute atomic E-state index is 14.1. The fourth-order valence-electron chi connectivity index (χ4n) is 9.90. The van der Waals surface area contributed by atoms with Crippen molar-refractivity contribution < 1.29 is 66.1 Å². The van der Waals surface area contributed by atoms with Crippen molar-refractivity contribution in [3.05, 3.63) is 198 Å². The molecule has 0 aliphatic rings. The van der Waals surface area contributed by atoms with Crippen LogP contribution in [0.5, 0.6) is 0 Å². The molecule has 8 aromatic rings. The molecule has 0 saturated heterocycles. The largest absolute Gasteiger partial charge is 0.481 e. The number of nitrogens with zero attached hydrogens (tertiary/aromatic N) is 4. The molecule has 2 heterocycles. The van der Waals surface area contributed by atoms with Gasteiger partial charge in [0.1, 0.15) is 47.9 Å². The lowest BCUT2D eigenvalue weighted by Crippen LogP contribution is -2.42. The Balaban J connectivity index is 0.000000331. The summed E-state index contributed by atoms with van der Waals surface area (Å²) >= 11 is 22.6. The zero-order valence-electron chi connectivity index (χ0n) is 56.7. The smallest absolute Gasteiger partial charge is 0.325 e. The molecule has 0 aliphatic heterocycles. The summed E-state index contributed by atoms with van der Waals surface area (Å²) in [6.45, 7) is 11.3. The van der Waals surface area contributed by atoms with Gasteiger partial charge in [-0.25, -0.2) is 17.6 Å². The monoisotopic (exact) mass is 1470 g/mol. The normalized spacial score (nSPS) is 11.8. The van der Waals surface area contributed by atoms with Gasteiger partial charge in [0.15, 0.2) is 17.2 Å². The van der Waals surface area contributed by atoms with Crippen molar-refractivity contribution in [3.8, 4) is 0 Å². The van der Waals surface area contributed by atoms with Gasteiger partial charge in [0, 0.05) is 48.1 Å². The lowest BCUT2D eigenvalue weighted by atomic mass is 9.96. The molecule has 0 unspecified atom stereocenters. The van der Waals surface area contributed by atoms with Gasteiger partial charge < -0.3 is 38.5 Å². The molecule has 0 spiro atoms. The van der Waals surface area contributed by atoms with E-state index in [1.54, 1.807) is 104 Å². The van der Waals surface area contributed by atoms with E-state index in [-0.39, 0.29) is 99.6 Å². The van der Waals surface area contributed by atoms with Crippen LogP contribution in [0.2, 0.25) is 20.1 Å². The van der Waals surface area contributed by atoms with Crippen LogP contribution in [0.1, 0.15) is 155 Å². The quantitative estimate of drug-likeness (QED) is 0.0214. The summed E-state index contributed by atoms with van der Waals surface area (Å²) in [4.78, 5) is 92.3. The zero-order chi connectivity index (χ0) is 74.8. The summed E-state index contributed by atoms with van der Waals surface area (Å²) in [5, 5.41) is 29.3. The van der Waals surface area contributed by atoms with Crippen LogP contribution in [0.25, 0.3) is 21.8 Å². The van der Waals surface area contributed by atoms with Gasteiger partial charge in [-0.05, 0) is 98.0 Å². The molecule has 11 N–H and O–H groups in total. The van der Waals surface area contributed by atoms with Crippen LogP contribution >= 0.6 is 46.4 Å². The van der Waals surface area contributed by atoms with E-state index in [0.717, 1.165) is 32.1 Å². The van der Waals surface area contributed by atoms with Gasteiger partial charge in [-0.3, -0.25) is 47.7 Å². The summed E-state index contributed by atoms with van der Waals surface area (Å²) in [5.41, 5.74) is 24.6. The van der Waals surface area contributed by atoms with E-state index in [1.807, 2.05) is 27.7 Å². The second kappa shape index (κ2) is 44.5. The maximum atomic E-state index is 14.1. The predicted molar refractivity (Wildman–Crippen MR) is 383 cm³/mol. The van der Waals surface area contributed by atoms with Crippen molar-refractivity contribution in [2.45, 2.75) is 163 Å². The van der Waals surface area contributed by atoms with Crippen molar-refractivity contribution in [2.75, 3.05) is 0 Å². The number of halogens is 8. The minimum atomic E-state index is -1.02. The number of carbonyl (C=O) groups is 8. The number of hydrogen-bond acceptors (Lipinski definition) is 12. The second-order valence-electron chi connectivity index (χ2n) is 23.1. The number of rotatable bonds is 29. The predicted octanol–water partition coefficient (Wildman–Crippen LogP) is 14.6. The average molecular weight is 1470 g/mol. The average Bonchev–Trinajstić information content (AvgIpc) is 1.65. The van der Waals surface area contributed by atoms with Gasteiger partial charge in [0.25, 0.3) is 11.8 Å². The number of aryl methyl sites for hydroxylation is 3. The summed E-state index contributed by atoms with van der Waals surface area (Å²) in [6, 6.07) is 31.8. The molecule has 540 valence electrons. The van der Waals surface area contributed by atoms with Gasteiger partial charge >= 0.3 is 11.9 Å². The molecule has 4 atom stereocenters. The number of ketones is 3. The summed E-state index contributed by atoms with van der Waals surface area (Å²) in [7, 11) is 0. The van der Waals surface area contributed by atoms with Crippen LogP contribution in [-0.2, 0) is 67.7 Å². The number of hydrogen-bond donors (Lipinski definition) is 7. The molecular formula is C73H87Cl4F4N9O10. The van der Waals surface area contributed by atoms with Gasteiger partial charge in [-0.2, -0.15) is 10.2 Å². The maximum Gasteiger partial charge on any atom is 0.325 e. The van der Waals surface area contributed by atoms with E-state index < -0.39 is 65.0 Å². The Morgan fingerprint density at radius 3 is 1.20 bits per heavy atom. The zero-order valence-corrected chi connectivity index (χ0v) is 59.7. The molecule has 27 heteroatoms. The molecule has 0 saturated carbocycles. The molecule has 0 fully saturated rings. The number of carboxylic acids is 2. The van der Waals surface area contributed by atoms with Crippen molar-refractivity contribution >= 4 is 115 Å². The van der Waals surface area contributed by atoms with Crippen LogP contribution in [0, 0.1) is 35.1 Å². The van der Waals surface area contributed by atoms with E-state index in [1.165, 1.54) is 33.6 Å². The van der Waals surface area contributed by atoms with E-state index >= 15 is 0 Å². The first-order valence-corrected chi connectivity index (χ1v) is 34.0. The topological polar surface area (TPSA) is 329 Å². The number of benzene rings is 6. The number of Topliss-reactive ketones (excluding diaryl/α,β-unsaturated/α-hetero) is 3. The molecule has 8 rings (SSSR count). The fraction of sp³-hybridized carbons (Fsp3) is 0.370. The highest BCUT2D eigenvalue weighted by atomic mass is 35.5. The van der Waals surface area contributed by atoms with Crippen LogP contribution in [0.15, 0.2) is 121 Å². The van der Waals surface area contributed by atoms with E-state index in [2.05, 4.69) is 22.4 Å². The fourth-order valence-corrected chi connectivity index (χ4v) is 10.7. The second-order valence-corrected chi connectivity index (χ2v) is 24.8. The number of para-hydroxylation sites is 2. The molecule has 3 amide bonds. The van der Waals surface area contributed by atoms with Crippen molar-refractivity contribution in [1.82, 2.24) is 24.9 Å². The van der Waals surface area contributed by atoms with E-state index in [9.17, 15) is 55.9 Å². The number of primary amides is 2. The number of carbonyl (C=O) groups excluding carboxylic acids is 6. The van der Waals surface area contributed by atoms with Crippen molar-refractivity contribution in [1.29, 1.82) is 0 Å². The lowest BCUT2D eigenvalue weighted by molar-refractivity contribution is -0.141. The highest BCUT2D eigenvalue weighted by Gasteiger charge is 2.24. The third-order valence-corrected chi connectivity index (χ3v) is 16.5.